The van der Waals surface area contributed by atoms with Gasteiger partial charge in [-0.25, -0.2) is 0 Å². The molecule has 0 bridgehead atoms. The molecule has 1 aromatic rings. The van der Waals surface area contributed by atoms with Gasteiger partial charge in [-0.1, -0.05) is 38.3 Å². The standard InChI is InChI=1S/C13H19NO/c1-13(8-3-2-4-9-13)10-6-5-7-11(15)12(10)14/h5-7,15H,2-4,8-9,14H2,1H3. The maximum absolute atomic E-state index is 9.62. The zero-order chi connectivity index (χ0) is 10.9. The minimum absolute atomic E-state index is 0.168. The first kappa shape index (κ1) is 10.3. The number of para-hydroxylation sites is 1. The molecule has 0 amide bonds. The molecule has 0 radical (unpaired) electrons. The van der Waals surface area contributed by atoms with Crippen LogP contribution in [-0.2, 0) is 5.41 Å². The lowest BCUT2D eigenvalue weighted by Gasteiger charge is -2.35. The molecule has 2 rings (SSSR count). The quantitative estimate of drug-likeness (QED) is 0.546. The van der Waals surface area contributed by atoms with E-state index in [9.17, 15) is 5.11 Å². The Morgan fingerprint density at radius 2 is 1.87 bits per heavy atom. The Morgan fingerprint density at radius 3 is 2.53 bits per heavy atom. The fourth-order valence-electron chi connectivity index (χ4n) is 2.68. The van der Waals surface area contributed by atoms with Crippen molar-refractivity contribution < 1.29 is 5.11 Å². The van der Waals surface area contributed by atoms with Crippen molar-refractivity contribution in [2.45, 2.75) is 44.4 Å². The predicted molar refractivity (Wildman–Crippen MR) is 63.0 cm³/mol. The molecule has 82 valence electrons. The highest BCUT2D eigenvalue weighted by Crippen LogP contribution is 2.43. The van der Waals surface area contributed by atoms with E-state index in [-0.39, 0.29) is 11.2 Å². The molecule has 0 saturated heterocycles. The molecule has 0 aliphatic heterocycles. The van der Waals surface area contributed by atoms with Gasteiger partial charge >= 0.3 is 0 Å². The molecule has 1 aliphatic rings. The lowest BCUT2D eigenvalue weighted by Crippen LogP contribution is -2.26. The maximum Gasteiger partial charge on any atom is 0.138 e. The van der Waals surface area contributed by atoms with E-state index in [2.05, 4.69) is 13.0 Å². The van der Waals surface area contributed by atoms with Gasteiger partial charge in [-0.05, 0) is 29.9 Å². The Bertz CT molecular complexity index is 354. The molecular weight excluding hydrogens is 186 g/mol. The van der Waals surface area contributed by atoms with Crippen LogP contribution in [0.5, 0.6) is 5.75 Å². The number of benzene rings is 1. The summed E-state index contributed by atoms with van der Waals surface area (Å²) in [6, 6.07) is 5.60. The van der Waals surface area contributed by atoms with Crippen LogP contribution in [0.3, 0.4) is 0 Å². The number of nitrogen functional groups attached to an aromatic ring is 1. The van der Waals surface area contributed by atoms with Crippen molar-refractivity contribution in [2.24, 2.45) is 0 Å². The van der Waals surface area contributed by atoms with Crippen molar-refractivity contribution in [2.75, 3.05) is 5.73 Å². The van der Waals surface area contributed by atoms with Crippen molar-refractivity contribution in [1.82, 2.24) is 0 Å². The van der Waals surface area contributed by atoms with Crippen LogP contribution in [0, 0.1) is 0 Å². The molecule has 3 N–H and O–H groups in total. The molecule has 1 aromatic carbocycles. The number of hydrogen-bond acceptors (Lipinski definition) is 2. The summed E-state index contributed by atoms with van der Waals surface area (Å²) in [4.78, 5) is 0. The SMILES string of the molecule is CC1(c2cccc(O)c2N)CCCCC1. The molecule has 1 aliphatic carbocycles. The Hall–Kier alpha value is -1.18. The van der Waals surface area contributed by atoms with Gasteiger partial charge in [0.2, 0.25) is 0 Å². The van der Waals surface area contributed by atoms with Gasteiger partial charge in [0, 0.05) is 0 Å². The Balaban J connectivity index is 2.39. The zero-order valence-electron chi connectivity index (χ0n) is 9.29. The van der Waals surface area contributed by atoms with E-state index in [1.807, 2.05) is 6.07 Å². The number of nitrogens with two attached hydrogens (primary N) is 1. The summed E-state index contributed by atoms with van der Waals surface area (Å²) in [6.07, 6.45) is 6.23. The number of phenols is 1. The maximum atomic E-state index is 9.62. The molecule has 1 fully saturated rings. The number of anilines is 1. The summed E-state index contributed by atoms with van der Waals surface area (Å²) in [5.41, 5.74) is 7.81. The third-order valence-corrected chi connectivity index (χ3v) is 3.69. The molecule has 0 heterocycles. The summed E-state index contributed by atoms with van der Waals surface area (Å²) in [5.74, 6) is 0.222. The van der Waals surface area contributed by atoms with Crippen LogP contribution in [0.4, 0.5) is 5.69 Å². The topological polar surface area (TPSA) is 46.2 Å². The van der Waals surface area contributed by atoms with E-state index < -0.39 is 0 Å². The van der Waals surface area contributed by atoms with Crippen LogP contribution >= 0.6 is 0 Å². The smallest absolute Gasteiger partial charge is 0.138 e. The monoisotopic (exact) mass is 205 g/mol. The molecular formula is C13H19NO. The van der Waals surface area contributed by atoms with Crippen LogP contribution in [0.1, 0.15) is 44.6 Å². The largest absolute Gasteiger partial charge is 0.506 e. The predicted octanol–water partition coefficient (Wildman–Crippen LogP) is 3.20. The van der Waals surface area contributed by atoms with Crippen molar-refractivity contribution in [1.29, 1.82) is 0 Å². The second kappa shape index (κ2) is 3.76. The summed E-state index contributed by atoms with van der Waals surface area (Å²) in [7, 11) is 0. The van der Waals surface area contributed by atoms with E-state index in [4.69, 9.17) is 5.73 Å². The molecule has 15 heavy (non-hydrogen) atoms. The van der Waals surface area contributed by atoms with Gasteiger partial charge in [0.1, 0.15) is 5.75 Å². The van der Waals surface area contributed by atoms with Gasteiger partial charge in [0.15, 0.2) is 0 Å². The van der Waals surface area contributed by atoms with Crippen LogP contribution < -0.4 is 5.73 Å². The first-order valence-electron chi connectivity index (χ1n) is 5.71. The molecule has 2 heteroatoms. The van der Waals surface area contributed by atoms with Crippen LogP contribution in [0.2, 0.25) is 0 Å². The van der Waals surface area contributed by atoms with E-state index in [1.165, 1.54) is 32.1 Å². The fourth-order valence-corrected chi connectivity index (χ4v) is 2.68. The summed E-state index contributed by atoms with van der Waals surface area (Å²) < 4.78 is 0. The van der Waals surface area contributed by atoms with Gasteiger partial charge in [-0.3, -0.25) is 0 Å². The van der Waals surface area contributed by atoms with Crippen molar-refractivity contribution in [3.63, 3.8) is 0 Å². The average Bonchev–Trinajstić information content (AvgIpc) is 2.23. The number of hydrogen-bond donors (Lipinski definition) is 2. The lowest BCUT2D eigenvalue weighted by atomic mass is 9.70. The van der Waals surface area contributed by atoms with Crippen molar-refractivity contribution >= 4 is 5.69 Å². The normalized spacial score (nSPS) is 20.1. The highest BCUT2D eigenvalue weighted by Gasteiger charge is 2.30. The van der Waals surface area contributed by atoms with E-state index in [1.54, 1.807) is 6.07 Å². The highest BCUT2D eigenvalue weighted by atomic mass is 16.3. The number of aromatic hydroxyl groups is 1. The van der Waals surface area contributed by atoms with E-state index >= 15 is 0 Å². The molecule has 0 aromatic heterocycles. The zero-order valence-corrected chi connectivity index (χ0v) is 9.29. The third kappa shape index (κ3) is 1.81. The van der Waals surface area contributed by atoms with Gasteiger partial charge in [0.25, 0.3) is 0 Å². The summed E-state index contributed by atoms with van der Waals surface area (Å²) >= 11 is 0. The van der Waals surface area contributed by atoms with E-state index in [0.29, 0.717) is 5.69 Å². The van der Waals surface area contributed by atoms with Crippen LogP contribution in [0.15, 0.2) is 18.2 Å². The second-order valence-electron chi connectivity index (χ2n) is 4.86. The Morgan fingerprint density at radius 1 is 1.20 bits per heavy atom. The van der Waals surface area contributed by atoms with Gasteiger partial charge in [-0.2, -0.15) is 0 Å². The number of rotatable bonds is 1. The molecule has 2 nitrogen and oxygen atoms in total. The first-order valence-corrected chi connectivity index (χ1v) is 5.71. The Kier molecular flexibility index (Phi) is 2.59. The first-order chi connectivity index (χ1) is 7.13. The second-order valence-corrected chi connectivity index (χ2v) is 4.86. The minimum atomic E-state index is 0.168. The van der Waals surface area contributed by atoms with Crippen molar-refractivity contribution in [3.8, 4) is 5.75 Å². The average molecular weight is 205 g/mol. The van der Waals surface area contributed by atoms with Gasteiger partial charge < -0.3 is 10.8 Å². The fraction of sp³-hybridized carbons (Fsp3) is 0.538. The molecule has 1 saturated carbocycles. The highest BCUT2D eigenvalue weighted by molar-refractivity contribution is 5.60. The van der Waals surface area contributed by atoms with E-state index in [0.717, 1.165) is 5.56 Å². The van der Waals surface area contributed by atoms with Crippen LogP contribution in [0.25, 0.3) is 0 Å². The van der Waals surface area contributed by atoms with Gasteiger partial charge in [0.05, 0.1) is 5.69 Å². The molecule has 0 unspecified atom stereocenters. The summed E-state index contributed by atoms with van der Waals surface area (Å²) in [6.45, 7) is 2.26. The number of phenolic OH excluding ortho intramolecular Hbond substituents is 1. The summed E-state index contributed by atoms with van der Waals surface area (Å²) in [5, 5.41) is 9.62. The van der Waals surface area contributed by atoms with Gasteiger partial charge in [-0.15, -0.1) is 0 Å². The molecule has 0 atom stereocenters. The lowest BCUT2D eigenvalue weighted by molar-refractivity contribution is 0.319. The minimum Gasteiger partial charge on any atom is -0.506 e. The Labute approximate surface area is 91.1 Å². The molecule has 0 spiro atoms. The van der Waals surface area contributed by atoms with Crippen LogP contribution in [-0.4, -0.2) is 5.11 Å². The third-order valence-electron chi connectivity index (χ3n) is 3.69. The van der Waals surface area contributed by atoms with Crippen molar-refractivity contribution in [3.05, 3.63) is 23.8 Å².